The molecule has 1 aliphatic carbocycles. The van der Waals surface area contributed by atoms with Gasteiger partial charge in [0.25, 0.3) is 0 Å². The van der Waals surface area contributed by atoms with Gasteiger partial charge < -0.3 is 5.11 Å². The van der Waals surface area contributed by atoms with Crippen LogP contribution in [0.3, 0.4) is 0 Å². The van der Waals surface area contributed by atoms with E-state index >= 15 is 0 Å². The first-order chi connectivity index (χ1) is 8.77. The average Bonchev–Trinajstić information content (AvgIpc) is 2.83. The fourth-order valence-electron chi connectivity index (χ4n) is 2.90. The first kappa shape index (κ1) is 11.4. The van der Waals surface area contributed by atoms with Crippen LogP contribution < -0.4 is 0 Å². The molecule has 1 fully saturated rings. The van der Waals surface area contributed by atoms with Gasteiger partial charge in [-0.15, -0.1) is 0 Å². The van der Waals surface area contributed by atoms with Gasteiger partial charge >= 0.3 is 0 Å². The van der Waals surface area contributed by atoms with Crippen molar-refractivity contribution in [2.75, 3.05) is 0 Å². The monoisotopic (exact) mass is 240 g/mol. The van der Waals surface area contributed by atoms with Gasteiger partial charge in [0.1, 0.15) is 5.78 Å². The summed E-state index contributed by atoms with van der Waals surface area (Å²) >= 11 is 0. The largest absolute Gasteiger partial charge is 0.388 e. The van der Waals surface area contributed by atoms with E-state index in [9.17, 15) is 9.90 Å². The highest BCUT2D eigenvalue weighted by Gasteiger charge is 2.32. The molecule has 0 heterocycles. The first-order valence-corrected chi connectivity index (χ1v) is 6.46. The molecule has 0 aromatic heterocycles. The molecule has 2 nitrogen and oxygen atoms in total. The standard InChI is InChI=1S/C16H16O2/c17-15-10-4-9-14(15)16(18)13-8-3-6-11-5-1-2-7-12(11)13/h1-3,5-8,14,16,18H,4,9-10H2/t14-,16-/m0/s1. The topological polar surface area (TPSA) is 37.3 Å². The van der Waals surface area contributed by atoms with Crippen molar-refractivity contribution in [3.63, 3.8) is 0 Å². The van der Waals surface area contributed by atoms with Crippen LogP contribution in [0.4, 0.5) is 0 Å². The third-order valence-electron chi connectivity index (χ3n) is 3.88. The van der Waals surface area contributed by atoms with Crippen LogP contribution in [0.1, 0.15) is 30.9 Å². The molecule has 2 aromatic carbocycles. The third-order valence-corrected chi connectivity index (χ3v) is 3.88. The van der Waals surface area contributed by atoms with E-state index in [1.807, 2.05) is 42.5 Å². The van der Waals surface area contributed by atoms with E-state index < -0.39 is 6.10 Å². The van der Waals surface area contributed by atoms with E-state index in [0.717, 1.165) is 29.2 Å². The van der Waals surface area contributed by atoms with Gasteiger partial charge in [-0.25, -0.2) is 0 Å². The molecule has 92 valence electrons. The van der Waals surface area contributed by atoms with Gasteiger partial charge in [0.15, 0.2) is 0 Å². The molecule has 1 aliphatic rings. The van der Waals surface area contributed by atoms with Gasteiger partial charge in [-0.2, -0.15) is 0 Å². The van der Waals surface area contributed by atoms with E-state index in [1.54, 1.807) is 0 Å². The molecule has 0 unspecified atom stereocenters. The average molecular weight is 240 g/mol. The molecule has 2 heteroatoms. The van der Waals surface area contributed by atoms with Crippen LogP contribution >= 0.6 is 0 Å². The smallest absolute Gasteiger partial charge is 0.138 e. The zero-order valence-electron chi connectivity index (χ0n) is 10.2. The molecule has 0 saturated heterocycles. The van der Waals surface area contributed by atoms with Crippen molar-refractivity contribution in [2.24, 2.45) is 5.92 Å². The summed E-state index contributed by atoms with van der Waals surface area (Å²) in [6.45, 7) is 0. The minimum absolute atomic E-state index is 0.204. The molecule has 1 saturated carbocycles. The second kappa shape index (κ2) is 4.54. The normalized spacial score (nSPS) is 21.4. The quantitative estimate of drug-likeness (QED) is 0.875. The van der Waals surface area contributed by atoms with Crippen LogP contribution in [-0.2, 0) is 4.79 Å². The summed E-state index contributed by atoms with van der Waals surface area (Å²) in [5, 5.41) is 12.6. The van der Waals surface area contributed by atoms with Crippen molar-refractivity contribution in [3.8, 4) is 0 Å². The lowest BCUT2D eigenvalue weighted by Crippen LogP contribution is -2.16. The summed E-state index contributed by atoms with van der Waals surface area (Å²) in [5.74, 6) is -0.00811. The van der Waals surface area contributed by atoms with Gasteiger partial charge in [-0.3, -0.25) is 4.79 Å². The van der Waals surface area contributed by atoms with Crippen LogP contribution in [0.25, 0.3) is 10.8 Å². The highest BCUT2D eigenvalue weighted by Crippen LogP contribution is 2.35. The first-order valence-electron chi connectivity index (χ1n) is 6.46. The zero-order chi connectivity index (χ0) is 12.5. The van der Waals surface area contributed by atoms with Gasteiger partial charge in [-0.1, -0.05) is 42.5 Å². The maximum absolute atomic E-state index is 11.8. The Morgan fingerprint density at radius 1 is 1.11 bits per heavy atom. The minimum atomic E-state index is -0.661. The maximum Gasteiger partial charge on any atom is 0.138 e. The lowest BCUT2D eigenvalue weighted by molar-refractivity contribution is -0.123. The SMILES string of the molecule is O=C1CCC[C@@H]1[C@@H](O)c1cccc2ccccc12. The lowest BCUT2D eigenvalue weighted by Gasteiger charge is -2.18. The van der Waals surface area contributed by atoms with Crippen molar-refractivity contribution in [3.05, 3.63) is 48.0 Å². The van der Waals surface area contributed by atoms with Crippen molar-refractivity contribution in [1.82, 2.24) is 0 Å². The number of aliphatic hydroxyl groups is 1. The number of rotatable bonds is 2. The van der Waals surface area contributed by atoms with Gasteiger partial charge in [0.2, 0.25) is 0 Å². The Kier molecular flexibility index (Phi) is 2.88. The number of fused-ring (bicyclic) bond motifs is 1. The molecule has 0 bridgehead atoms. The Balaban J connectivity index is 2.06. The lowest BCUT2D eigenvalue weighted by atomic mass is 9.90. The molecule has 2 atom stereocenters. The molecule has 1 N–H and O–H groups in total. The van der Waals surface area contributed by atoms with Crippen LogP contribution in [0.15, 0.2) is 42.5 Å². The number of aliphatic hydroxyl groups excluding tert-OH is 1. The predicted octanol–water partition coefficient (Wildman–Crippen LogP) is 3.24. The van der Waals surface area contributed by atoms with Gasteiger partial charge in [0, 0.05) is 12.3 Å². The molecule has 0 radical (unpaired) electrons. The van der Waals surface area contributed by atoms with Gasteiger partial charge in [-0.05, 0) is 29.2 Å². The minimum Gasteiger partial charge on any atom is -0.388 e. The van der Waals surface area contributed by atoms with E-state index in [-0.39, 0.29) is 11.7 Å². The van der Waals surface area contributed by atoms with Crippen LogP contribution in [0.5, 0.6) is 0 Å². The van der Waals surface area contributed by atoms with E-state index in [1.165, 1.54) is 0 Å². The second-order valence-electron chi connectivity index (χ2n) is 4.98. The number of hydrogen-bond acceptors (Lipinski definition) is 2. The summed E-state index contributed by atoms with van der Waals surface area (Å²) in [7, 11) is 0. The zero-order valence-corrected chi connectivity index (χ0v) is 10.2. The predicted molar refractivity (Wildman–Crippen MR) is 71.3 cm³/mol. The van der Waals surface area contributed by atoms with Crippen LogP contribution in [-0.4, -0.2) is 10.9 Å². The van der Waals surface area contributed by atoms with E-state index in [4.69, 9.17) is 0 Å². The third kappa shape index (κ3) is 1.83. The Morgan fingerprint density at radius 3 is 2.67 bits per heavy atom. The summed E-state index contributed by atoms with van der Waals surface area (Å²) in [6, 6.07) is 13.9. The van der Waals surface area contributed by atoms with Crippen molar-refractivity contribution < 1.29 is 9.90 Å². The molecular formula is C16H16O2. The highest BCUT2D eigenvalue weighted by atomic mass is 16.3. The number of Topliss-reactive ketones (excluding diaryl/α,β-unsaturated/α-hetero) is 1. The molecule has 0 spiro atoms. The Morgan fingerprint density at radius 2 is 1.89 bits per heavy atom. The van der Waals surface area contributed by atoms with Gasteiger partial charge in [0.05, 0.1) is 6.10 Å². The summed E-state index contributed by atoms with van der Waals surface area (Å²) < 4.78 is 0. The number of ketones is 1. The number of hydrogen-bond donors (Lipinski definition) is 1. The molecule has 0 aliphatic heterocycles. The molecular weight excluding hydrogens is 224 g/mol. The molecule has 3 rings (SSSR count). The fourth-order valence-corrected chi connectivity index (χ4v) is 2.90. The summed E-state index contributed by atoms with van der Waals surface area (Å²) in [5.41, 5.74) is 0.883. The van der Waals surface area contributed by atoms with E-state index in [0.29, 0.717) is 6.42 Å². The van der Waals surface area contributed by atoms with E-state index in [2.05, 4.69) is 0 Å². The Labute approximate surface area is 106 Å². The summed E-state index contributed by atoms with van der Waals surface area (Å²) in [4.78, 5) is 11.8. The number of carbonyl (C=O) groups excluding carboxylic acids is 1. The van der Waals surface area contributed by atoms with Crippen LogP contribution in [0.2, 0.25) is 0 Å². The van der Waals surface area contributed by atoms with Crippen molar-refractivity contribution >= 4 is 16.6 Å². The Hall–Kier alpha value is -1.67. The fraction of sp³-hybridized carbons (Fsp3) is 0.312. The van der Waals surface area contributed by atoms with Crippen molar-refractivity contribution in [2.45, 2.75) is 25.4 Å². The van der Waals surface area contributed by atoms with Crippen LogP contribution in [0, 0.1) is 5.92 Å². The molecule has 0 amide bonds. The Bertz CT molecular complexity index is 583. The highest BCUT2D eigenvalue weighted by molar-refractivity contribution is 5.88. The number of carbonyl (C=O) groups is 1. The molecule has 18 heavy (non-hydrogen) atoms. The summed E-state index contributed by atoms with van der Waals surface area (Å²) in [6.07, 6.45) is 1.67. The molecule has 2 aromatic rings. The number of benzene rings is 2. The second-order valence-corrected chi connectivity index (χ2v) is 4.98. The maximum atomic E-state index is 11.8. The van der Waals surface area contributed by atoms with Crippen molar-refractivity contribution in [1.29, 1.82) is 0 Å².